The predicted octanol–water partition coefficient (Wildman–Crippen LogP) is 5.21. The van der Waals surface area contributed by atoms with Crippen molar-refractivity contribution in [2.24, 2.45) is 4.99 Å². The molecule has 0 N–H and O–H groups in total. The number of fused-ring (bicyclic) bond motifs is 2. The fourth-order valence-corrected chi connectivity index (χ4v) is 3.09. The van der Waals surface area contributed by atoms with Crippen LogP contribution in [0, 0.1) is 6.92 Å². The molecule has 0 amide bonds. The van der Waals surface area contributed by atoms with Gasteiger partial charge < -0.3 is 14.4 Å². The average molecular weight is 372 g/mol. The van der Waals surface area contributed by atoms with Gasteiger partial charge in [-0.1, -0.05) is 42.0 Å². The number of para-hydroxylation sites is 2. The zero-order valence-corrected chi connectivity index (χ0v) is 16.5. The average Bonchev–Trinajstić information content (AvgIpc) is 2.85. The van der Waals surface area contributed by atoms with Gasteiger partial charge in [0.25, 0.3) is 0 Å². The molecule has 1 aliphatic rings. The van der Waals surface area contributed by atoms with E-state index < -0.39 is 0 Å². The third kappa shape index (κ3) is 3.92. The van der Waals surface area contributed by atoms with Gasteiger partial charge in [0.15, 0.2) is 5.75 Å². The molecule has 1 heterocycles. The van der Waals surface area contributed by atoms with E-state index in [4.69, 9.17) is 14.5 Å². The maximum Gasteiger partial charge on any atom is 0.153 e. The first-order valence-corrected chi connectivity index (χ1v) is 9.45. The zero-order chi connectivity index (χ0) is 19.5. The summed E-state index contributed by atoms with van der Waals surface area (Å²) >= 11 is 0. The van der Waals surface area contributed by atoms with Crippen molar-refractivity contribution in [3.05, 3.63) is 83.4 Å². The molecule has 3 aromatic rings. The Hall–Kier alpha value is -3.11. The minimum absolute atomic E-state index is 0.629. The predicted molar refractivity (Wildman–Crippen MR) is 113 cm³/mol. The van der Waals surface area contributed by atoms with E-state index in [9.17, 15) is 0 Å². The molecule has 0 bridgehead atoms. The summed E-state index contributed by atoms with van der Waals surface area (Å²) in [5.41, 5.74) is 4.91. The second-order valence-electron chi connectivity index (χ2n) is 7.21. The van der Waals surface area contributed by atoms with Crippen LogP contribution in [-0.2, 0) is 0 Å². The summed E-state index contributed by atoms with van der Waals surface area (Å²) in [6.07, 6.45) is 0. The van der Waals surface area contributed by atoms with Crippen LogP contribution in [0.25, 0.3) is 0 Å². The van der Waals surface area contributed by atoms with Crippen molar-refractivity contribution in [3.63, 3.8) is 0 Å². The molecular weight excluding hydrogens is 348 g/mol. The molecule has 3 aromatic carbocycles. The summed E-state index contributed by atoms with van der Waals surface area (Å²) in [5.74, 6) is 2.35. The third-order valence-corrected chi connectivity index (χ3v) is 4.66. The number of benzene rings is 3. The summed E-state index contributed by atoms with van der Waals surface area (Å²) in [4.78, 5) is 7.06. The van der Waals surface area contributed by atoms with Gasteiger partial charge in [0.1, 0.15) is 23.8 Å². The number of ether oxygens (including phenoxy) is 2. The molecule has 0 fully saturated rings. The SMILES string of the molecule is Cc1ccc(C2=Nc3ccccc3Oc3ccc(OCCN(C)C)cc32)cc1. The second-order valence-corrected chi connectivity index (χ2v) is 7.21. The summed E-state index contributed by atoms with van der Waals surface area (Å²) in [5, 5.41) is 0. The first-order valence-electron chi connectivity index (χ1n) is 9.45. The van der Waals surface area contributed by atoms with Gasteiger partial charge in [-0.15, -0.1) is 0 Å². The topological polar surface area (TPSA) is 34.1 Å². The lowest BCUT2D eigenvalue weighted by Crippen LogP contribution is -2.19. The van der Waals surface area contributed by atoms with E-state index in [0.29, 0.717) is 6.61 Å². The number of aryl methyl sites for hydroxylation is 1. The van der Waals surface area contributed by atoms with E-state index in [2.05, 4.69) is 36.1 Å². The van der Waals surface area contributed by atoms with Gasteiger partial charge in [-0.25, -0.2) is 4.99 Å². The Morgan fingerprint density at radius 2 is 1.71 bits per heavy atom. The van der Waals surface area contributed by atoms with E-state index in [1.54, 1.807) is 0 Å². The quantitative estimate of drug-likeness (QED) is 0.482. The molecule has 4 nitrogen and oxygen atoms in total. The first kappa shape index (κ1) is 18.3. The molecular formula is C24H24N2O2. The Balaban J connectivity index is 1.78. The molecule has 0 unspecified atom stereocenters. The van der Waals surface area contributed by atoms with Gasteiger partial charge in [-0.3, -0.25) is 0 Å². The molecule has 142 valence electrons. The van der Waals surface area contributed by atoms with Gasteiger partial charge in [0, 0.05) is 17.7 Å². The monoisotopic (exact) mass is 372 g/mol. The van der Waals surface area contributed by atoms with Crippen molar-refractivity contribution in [3.8, 4) is 17.2 Å². The van der Waals surface area contributed by atoms with Gasteiger partial charge in [0.2, 0.25) is 0 Å². The lowest BCUT2D eigenvalue weighted by Gasteiger charge is -2.14. The molecule has 0 aliphatic carbocycles. The summed E-state index contributed by atoms with van der Waals surface area (Å²) in [6.45, 7) is 3.57. The Bertz CT molecular complexity index is 1010. The Morgan fingerprint density at radius 1 is 0.929 bits per heavy atom. The van der Waals surface area contributed by atoms with E-state index in [-0.39, 0.29) is 0 Å². The number of rotatable bonds is 5. The van der Waals surface area contributed by atoms with E-state index in [1.807, 2.05) is 56.6 Å². The molecule has 4 rings (SSSR count). The van der Waals surface area contributed by atoms with Crippen LogP contribution in [0.15, 0.2) is 71.7 Å². The number of hydrogen-bond donors (Lipinski definition) is 0. The minimum Gasteiger partial charge on any atom is -0.492 e. The van der Waals surface area contributed by atoms with Crippen LogP contribution in [-0.4, -0.2) is 37.9 Å². The highest BCUT2D eigenvalue weighted by atomic mass is 16.5. The van der Waals surface area contributed by atoms with Gasteiger partial charge >= 0.3 is 0 Å². The molecule has 4 heteroatoms. The Labute approximate surface area is 166 Å². The standard InChI is InChI=1S/C24H24N2O2/c1-17-8-10-18(11-9-17)24-20-16-19(27-15-14-26(2)3)12-13-22(20)28-23-7-5-4-6-21(23)25-24/h4-13,16H,14-15H2,1-3H3. The fourth-order valence-electron chi connectivity index (χ4n) is 3.09. The smallest absolute Gasteiger partial charge is 0.153 e. The minimum atomic E-state index is 0.629. The Kier molecular flexibility index (Phi) is 5.13. The van der Waals surface area contributed by atoms with Crippen LogP contribution in [0.2, 0.25) is 0 Å². The van der Waals surface area contributed by atoms with Crippen LogP contribution >= 0.6 is 0 Å². The van der Waals surface area contributed by atoms with Crippen LogP contribution in [0.4, 0.5) is 5.69 Å². The highest BCUT2D eigenvalue weighted by Gasteiger charge is 2.20. The first-order chi connectivity index (χ1) is 13.6. The lowest BCUT2D eigenvalue weighted by molar-refractivity contribution is 0.261. The normalized spacial score (nSPS) is 12.5. The molecule has 0 aromatic heterocycles. The van der Waals surface area contributed by atoms with Crippen LogP contribution in [0.1, 0.15) is 16.7 Å². The largest absolute Gasteiger partial charge is 0.492 e. The number of hydrogen-bond acceptors (Lipinski definition) is 4. The molecule has 0 saturated heterocycles. The maximum atomic E-state index is 6.20. The summed E-state index contributed by atoms with van der Waals surface area (Å²) in [6, 6.07) is 22.2. The van der Waals surface area contributed by atoms with E-state index >= 15 is 0 Å². The number of likely N-dealkylation sites (N-methyl/N-ethyl adjacent to an activating group) is 1. The van der Waals surface area contributed by atoms with Gasteiger partial charge in [-0.05, 0) is 51.4 Å². The van der Waals surface area contributed by atoms with Crippen molar-refractivity contribution < 1.29 is 9.47 Å². The third-order valence-electron chi connectivity index (χ3n) is 4.66. The van der Waals surface area contributed by atoms with Crippen molar-refractivity contribution in [1.82, 2.24) is 4.90 Å². The van der Waals surface area contributed by atoms with Crippen molar-refractivity contribution in [2.75, 3.05) is 27.2 Å². The zero-order valence-electron chi connectivity index (χ0n) is 16.5. The highest BCUT2D eigenvalue weighted by Crippen LogP contribution is 2.39. The van der Waals surface area contributed by atoms with Crippen LogP contribution in [0.5, 0.6) is 17.2 Å². The molecule has 28 heavy (non-hydrogen) atoms. The van der Waals surface area contributed by atoms with Crippen molar-refractivity contribution in [1.29, 1.82) is 0 Å². The Morgan fingerprint density at radius 3 is 2.50 bits per heavy atom. The van der Waals surface area contributed by atoms with E-state index in [0.717, 1.165) is 46.3 Å². The fraction of sp³-hybridized carbons (Fsp3) is 0.208. The molecule has 0 spiro atoms. The van der Waals surface area contributed by atoms with Crippen molar-refractivity contribution in [2.45, 2.75) is 6.92 Å². The summed E-state index contributed by atoms with van der Waals surface area (Å²) in [7, 11) is 4.07. The van der Waals surface area contributed by atoms with Gasteiger partial charge in [0.05, 0.1) is 5.71 Å². The lowest BCUT2D eigenvalue weighted by atomic mass is 10.00. The maximum absolute atomic E-state index is 6.20. The molecule has 1 aliphatic heterocycles. The second kappa shape index (κ2) is 7.87. The molecule has 0 atom stereocenters. The van der Waals surface area contributed by atoms with Crippen molar-refractivity contribution >= 4 is 11.4 Å². The van der Waals surface area contributed by atoms with Gasteiger partial charge in [-0.2, -0.15) is 0 Å². The molecule has 0 saturated carbocycles. The highest BCUT2D eigenvalue weighted by molar-refractivity contribution is 6.16. The molecule has 0 radical (unpaired) electrons. The summed E-state index contributed by atoms with van der Waals surface area (Å²) < 4.78 is 12.1. The number of nitrogens with zero attached hydrogens (tertiary/aromatic N) is 2. The van der Waals surface area contributed by atoms with Crippen LogP contribution in [0.3, 0.4) is 0 Å². The number of aliphatic imine (C=N–C) groups is 1. The van der Waals surface area contributed by atoms with E-state index in [1.165, 1.54) is 5.56 Å². The van der Waals surface area contributed by atoms with Crippen LogP contribution < -0.4 is 9.47 Å².